The van der Waals surface area contributed by atoms with Gasteiger partial charge in [-0.2, -0.15) is 0 Å². The van der Waals surface area contributed by atoms with Crippen LogP contribution in [-0.4, -0.2) is 24.5 Å². The van der Waals surface area contributed by atoms with Crippen molar-refractivity contribution in [1.82, 2.24) is 24.5 Å². The van der Waals surface area contributed by atoms with E-state index in [2.05, 4.69) is 69.9 Å². The Labute approximate surface area is 184 Å². The maximum absolute atomic E-state index is 5.08. The number of anilines is 2. The molecule has 0 saturated heterocycles. The van der Waals surface area contributed by atoms with Crippen LogP contribution in [0.15, 0.2) is 72.5 Å². The molecule has 0 spiro atoms. The third kappa shape index (κ3) is 3.68. The van der Waals surface area contributed by atoms with Crippen LogP contribution in [0.3, 0.4) is 0 Å². The number of thiazole rings is 1. The molecular formula is C24H22N6S. The lowest BCUT2D eigenvalue weighted by molar-refractivity contribution is 0.413. The van der Waals surface area contributed by atoms with Crippen LogP contribution in [-0.2, 0) is 5.54 Å². The Morgan fingerprint density at radius 3 is 2.35 bits per heavy atom. The number of hydrogen-bond donors (Lipinski definition) is 1. The van der Waals surface area contributed by atoms with Gasteiger partial charge in [-0.15, -0.1) is 11.3 Å². The number of rotatable bonds is 4. The Morgan fingerprint density at radius 1 is 0.871 bits per heavy atom. The maximum Gasteiger partial charge on any atom is 0.227 e. The standard InChI is InChI=1S/C24H22N6S/c1-24(2,3)30-20-10-9-16(28-23-26-11-6-12-27-23)15-19(20)29-21(30)17-7-4-5-8-18(17)22-25-13-14-31-22/h4-15H,1-3H3,(H,26,27,28). The predicted octanol–water partition coefficient (Wildman–Crippen LogP) is 6.12. The van der Waals surface area contributed by atoms with Crippen LogP contribution < -0.4 is 5.32 Å². The Morgan fingerprint density at radius 2 is 1.65 bits per heavy atom. The van der Waals surface area contributed by atoms with Gasteiger partial charge in [-0.25, -0.2) is 19.9 Å². The molecule has 0 aliphatic rings. The van der Waals surface area contributed by atoms with Crippen molar-refractivity contribution in [2.24, 2.45) is 0 Å². The van der Waals surface area contributed by atoms with E-state index in [0.717, 1.165) is 38.7 Å². The van der Waals surface area contributed by atoms with Crippen LogP contribution in [0, 0.1) is 0 Å². The van der Waals surface area contributed by atoms with E-state index in [0.29, 0.717) is 5.95 Å². The largest absolute Gasteiger partial charge is 0.324 e. The highest BCUT2D eigenvalue weighted by atomic mass is 32.1. The minimum atomic E-state index is -0.155. The van der Waals surface area contributed by atoms with E-state index >= 15 is 0 Å². The van der Waals surface area contributed by atoms with Gasteiger partial charge >= 0.3 is 0 Å². The van der Waals surface area contributed by atoms with Crippen molar-refractivity contribution in [3.8, 4) is 22.0 Å². The molecule has 0 bridgehead atoms. The number of nitrogens with one attached hydrogen (secondary N) is 1. The van der Waals surface area contributed by atoms with E-state index in [1.165, 1.54) is 0 Å². The number of imidazole rings is 1. The maximum atomic E-state index is 5.08. The molecule has 0 unspecified atom stereocenters. The summed E-state index contributed by atoms with van der Waals surface area (Å²) in [6.07, 6.45) is 5.28. The summed E-state index contributed by atoms with van der Waals surface area (Å²) >= 11 is 1.64. The highest BCUT2D eigenvalue weighted by Gasteiger charge is 2.24. The molecule has 154 valence electrons. The molecule has 6 nitrogen and oxygen atoms in total. The average molecular weight is 427 g/mol. The van der Waals surface area contributed by atoms with E-state index in [1.54, 1.807) is 29.8 Å². The number of nitrogens with zero attached hydrogens (tertiary/aromatic N) is 5. The molecule has 3 aromatic heterocycles. The Bertz CT molecular complexity index is 1330. The van der Waals surface area contributed by atoms with Gasteiger partial charge in [0, 0.05) is 46.3 Å². The minimum absolute atomic E-state index is 0.155. The second-order valence-corrected chi connectivity index (χ2v) is 9.12. The smallest absolute Gasteiger partial charge is 0.227 e. The van der Waals surface area contributed by atoms with Crippen molar-refractivity contribution >= 4 is 34.0 Å². The predicted molar refractivity (Wildman–Crippen MR) is 127 cm³/mol. The second kappa shape index (κ2) is 7.59. The zero-order valence-electron chi connectivity index (χ0n) is 17.6. The third-order valence-electron chi connectivity index (χ3n) is 4.98. The first-order chi connectivity index (χ1) is 15.0. The van der Waals surface area contributed by atoms with E-state index in [1.807, 2.05) is 29.8 Å². The number of aromatic nitrogens is 5. The molecule has 0 aliphatic carbocycles. The normalized spacial score (nSPS) is 11.7. The van der Waals surface area contributed by atoms with Crippen LogP contribution in [0.25, 0.3) is 33.0 Å². The fraction of sp³-hybridized carbons (Fsp3) is 0.167. The van der Waals surface area contributed by atoms with Crippen molar-refractivity contribution in [3.63, 3.8) is 0 Å². The first-order valence-electron chi connectivity index (χ1n) is 10.1. The summed E-state index contributed by atoms with van der Waals surface area (Å²) in [6.45, 7) is 6.61. The fourth-order valence-electron chi connectivity index (χ4n) is 3.73. The lowest BCUT2D eigenvalue weighted by Gasteiger charge is -2.25. The molecule has 0 amide bonds. The molecule has 1 N–H and O–H groups in total. The lowest BCUT2D eigenvalue weighted by atomic mass is 10.0. The van der Waals surface area contributed by atoms with Crippen LogP contribution in [0.5, 0.6) is 0 Å². The fourth-order valence-corrected chi connectivity index (χ4v) is 4.41. The third-order valence-corrected chi connectivity index (χ3v) is 5.78. The number of fused-ring (bicyclic) bond motifs is 1. The molecule has 0 aliphatic heterocycles. The Balaban J connectivity index is 1.68. The highest BCUT2D eigenvalue weighted by molar-refractivity contribution is 7.13. The monoisotopic (exact) mass is 426 g/mol. The van der Waals surface area contributed by atoms with Gasteiger partial charge in [0.2, 0.25) is 5.95 Å². The number of hydrogen-bond acceptors (Lipinski definition) is 6. The molecule has 5 rings (SSSR count). The van der Waals surface area contributed by atoms with Gasteiger partial charge in [0.1, 0.15) is 10.8 Å². The molecular weight excluding hydrogens is 404 g/mol. The zero-order valence-corrected chi connectivity index (χ0v) is 18.4. The molecule has 31 heavy (non-hydrogen) atoms. The molecule has 5 aromatic rings. The summed E-state index contributed by atoms with van der Waals surface area (Å²) in [4.78, 5) is 18.1. The van der Waals surface area contributed by atoms with Crippen LogP contribution in [0.2, 0.25) is 0 Å². The molecule has 0 fully saturated rings. The SMILES string of the molecule is CC(C)(C)n1c(-c2ccccc2-c2nccs2)nc2cc(Nc3ncccn3)ccc21. The number of benzene rings is 2. The second-order valence-electron chi connectivity index (χ2n) is 8.23. The van der Waals surface area contributed by atoms with Gasteiger partial charge in [0.05, 0.1) is 11.0 Å². The summed E-state index contributed by atoms with van der Waals surface area (Å²) < 4.78 is 2.30. The van der Waals surface area contributed by atoms with Crippen molar-refractivity contribution in [3.05, 3.63) is 72.5 Å². The first kappa shape index (κ1) is 19.4. The summed E-state index contributed by atoms with van der Waals surface area (Å²) in [5.41, 5.74) is 4.91. The Kier molecular flexibility index (Phi) is 4.75. The highest BCUT2D eigenvalue weighted by Crippen LogP contribution is 2.37. The van der Waals surface area contributed by atoms with Gasteiger partial charge in [-0.05, 0) is 45.0 Å². The quantitative estimate of drug-likeness (QED) is 0.375. The van der Waals surface area contributed by atoms with E-state index in [-0.39, 0.29) is 5.54 Å². The molecule has 2 aromatic carbocycles. The van der Waals surface area contributed by atoms with Crippen LogP contribution in [0.4, 0.5) is 11.6 Å². The summed E-state index contributed by atoms with van der Waals surface area (Å²) in [6, 6.07) is 16.3. The average Bonchev–Trinajstić information content (AvgIpc) is 3.42. The van der Waals surface area contributed by atoms with Gasteiger partial charge < -0.3 is 9.88 Å². The van der Waals surface area contributed by atoms with Gasteiger partial charge in [-0.3, -0.25) is 0 Å². The zero-order chi connectivity index (χ0) is 21.4. The van der Waals surface area contributed by atoms with Crippen molar-refractivity contribution in [2.75, 3.05) is 5.32 Å². The van der Waals surface area contributed by atoms with Gasteiger partial charge in [-0.1, -0.05) is 24.3 Å². The van der Waals surface area contributed by atoms with E-state index < -0.39 is 0 Å². The van der Waals surface area contributed by atoms with Crippen molar-refractivity contribution in [2.45, 2.75) is 26.3 Å². The summed E-state index contributed by atoms with van der Waals surface area (Å²) in [7, 11) is 0. The van der Waals surface area contributed by atoms with Crippen molar-refractivity contribution in [1.29, 1.82) is 0 Å². The summed E-state index contributed by atoms with van der Waals surface area (Å²) in [5, 5.41) is 6.25. The lowest BCUT2D eigenvalue weighted by Crippen LogP contribution is -2.22. The topological polar surface area (TPSA) is 68.5 Å². The minimum Gasteiger partial charge on any atom is -0.324 e. The first-order valence-corrected chi connectivity index (χ1v) is 10.9. The Hall–Kier alpha value is -3.58. The molecule has 0 radical (unpaired) electrons. The van der Waals surface area contributed by atoms with E-state index in [9.17, 15) is 0 Å². The van der Waals surface area contributed by atoms with Gasteiger partial charge in [0.25, 0.3) is 0 Å². The molecule has 0 atom stereocenters. The van der Waals surface area contributed by atoms with Crippen LogP contribution >= 0.6 is 11.3 Å². The van der Waals surface area contributed by atoms with E-state index in [4.69, 9.17) is 4.98 Å². The molecule has 3 heterocycles. The van der Waals surface area contributed by atoms with Crippen molar-refractivity contribution < 1.29 is 0 Å². The molecule has 0 saturated carbocycles. The summed E-state index contributed by atoms with van der Waals surface area (Å²) in [5.74, 6) is 1.49. The molecule has 7 heteroatoms. The van der Waals surface area contributed by atoms with Crippen LogP contribution in [0.1, 0.15) is 20.8 Å². The van der Waals surface area contributed by atoms with Gasteiger partial charge in [0.15, 0.2) is 0 Å².